The number of guanidine groups is 1. The number of piperidine rings is 1. The number of rotatable bonds is 8. The molecular weight excluding hydrogens is 454 g/mol. The predicted octanol–water partition coefficient (Wildman–Crippen LogP) is 3.62. The van der Waals surface area contributed by atoms with Crippen LogP contribution in [0, 0.1) is 19.8 Å². The lowest BCUT2D eigenvalue weighted by atomic mass is 9.98. The second kappa shape index (κ2) is 12.0. The SMILES string of the molecule is COc1cc2c(/N=C(\NCCN)Nc3c(C)cccc3C)ncnc2cc1OCC1CCN(C)CC1. The second-order valence-corrected chi connectivity index (χ2v) is 9.34. The van der Waals surface area contributed by atoms with E-state index in [2.05, 4.69) is 58.5 Å². The number of hydrogen-bond acceptors (Lipinski definition) is 7. The van der Waals surface area contributed by atoms with Crippen LogP contribution >= 0.6 is 0 Å². The highest BCUT2D eigenvalue weighted by Gasteiger charge is 2.19. The molecule has 9 heteroatoms. The van der Waals surface area contributed by atoms with Crippen LogP contribution < -0.4 is 25.8 Å². The average Bonchev–Trinajstić information content (AvgIpc) is 2.88. The normalized spacial score (nSPS) is 15.2. The van der Waals surface area contributed by atoms with Crippen LogP contribution in [0.15, 0.2) is 41.7 Å². The van der Waals surface area contributed by atoms with Gasteiger partial charge in [0, 0.05) is 30.2 Å². The minimum Gasteiger partial charge on any atom is -0.493 e. The summed E-state index contributed by atoms with van der Waals surface area (Å²) in [6, 6.07) is 9.98. The lowest BCUT2D eigenvalue weighted by Gasteiger charge is -2.28. The smallest absolute Gasteiger partial charge is 0.202 e. The molecule has 36 heavy (non-hydrogen) atoms. The number of fused-ring (bicyclic) bond motifs is 1. The predicted molar refractivity (Wildman–Crippen MR) is 145 cm³/mol. The standard InChI is InChI=1S/C27H37N7O2/c1-18-6-5-7-19(2)25(18)32-27(29-11-10-28)33-26-21-14-23(35-4)24(15-22(21)30-17-31-26)36-16-20-8-12-34(3)13-9-20/h5-7,14-15,17,20H,8-13,16,28H2,1-4H3,(H2,29,30,31,32,33). The number of nitrogens with one attached hydrogen (secondary N) is 2. The Kier molecular flexibility index (Phi) is 8.56. The Morgan fingerprint density at radius 2 is 1.89 bits per heavy atom. The summed E-state index contributed by atoms with van der Waals surface area (Å²) in [6.45, 7) is 8.05. The van der Waals surface area contributed by atoms with Crippen molar-refractivity contribution in [3.05, 3.63) is 47.8 Å². The number of methoxy groups -OCH3 is 1. The van der Waals surface area contributed by atoms with Crippen LogP contribution in [-0.4, -0.2) is 67.8 Å². The molecule has 1 fully saturated rings. The summed E-state index contributed by atoms with van der Waals surface area (Å²) in [5.41, 5.74) is 9.74. The van der Waals surface area contributed by atoms with Crippen molar-refractivity contribution in [3.63, 3.8) is 0 Å². The van der Waals surface area contributed by atoms with E-state index in [1.807, 2.05) is 18.2 Å². The summed E-state index contributed by atoms with van der Waals surface area (Å²) >= 11 is 0. The molecule has 192 valence electrons. The van der Waals surface area contributed by atoms with E-state index in [-0.39, 0.29) is 0 Å². The van der Waals surface area contributed by atoms with E-state index < -0.39 is 0 Å². The van der Waals surface area contributed by atoms with Gasteiger partial charge in [0.2, 0.25) is 5.96 Å². The summed E-state index contributed by atoms with van der Waals surface area (Å²) in [4.78, 5) is 16.1. The Bertz CT molecular complexity index is 1190. The van der Waals surface area contributed by atoms with E-state index in [1.54, 1.807) is 7.11 Å². The van der Waals surface area contributed by atoms with Crippen molar-refractivity contribution < 1.29 is 9.47 Å². The number of aromatic nitrogens is 2. The van der Waals surface area contributed by atoms with Gasteiger partial charge in [-0.25, -0.2) is 9.97 Å². The van der Waals surface area contributed by atoms with Crippen molar-refractivity contribution in [3.8, 4) is 11.5 Å². The van der Waals surface area contributed by atoms with Crippen LogP contribution in [-0.2, 0) is 0 Å². The maximum absolute atomic E-state index is 6.21. The van der Waals surface area contributed by atoms with Crippen molar-refractivity contribution in [2.24, 2.45) is 16.6 Å². The van der Waals surface area contributed by atoms with E-state index >= 15 is 0 Å². The van der Waals surface area contributed by atoms with Gasteiger partial charge in [-0.15, -0.1) is 0 Å². The Morgan fingerprint density at radius 1 is 1.14 bits per heavy atom. The van der Waals surface area contributed by atoms with Crippen molar-refractivity contribution in [1.29, 1.82) is 0 Å². The molecule has 1 aliphatic heterocycles. The van der Waals surface area contributed by atoms with Crippen molar-refractivity contribution in [1.82, 2.24) is 20.2 Å². The van der Waals surface area contributed by atoms with E-state index in [9.17, 15) is 0 Å². The van der Waals surface area contributed by atoms with Gasteiger partial charge in [0.05, 0.1) is 19.2 Å². The van der Waals surface area contributed by atoms with Crippen LogP contribution in [0.4, 0.5) is 11.5 Å². The summed E-state index contributed by atoms with van der Waals surface area (Å²) in [6.07, 6.45) is 3.80. The summed E-state index contributed by atoms with van der Waals surface area (Å²) in [5.74, 6) is 2.96. The first kappa shape index (κ1) is 25.7. The van der Waals surface area contributed by atoms with E-state index in [0.29, 0.717) is 48.9 Å². The van der Waals surface area contributed by atoms with Crippen LogP contribution in [0.3, 0.4) is 0 Å². The first-order chi connectivity index (χ1) is 17.5. The number of likely N-dealkylation sites (tertiary alicyclic amines) is 1. The fourth-order valence-corrected chi connectivity index (χ4v) is 4.39. The van der Waals surface area contributed by atoms with Crippen molar-refractivity contribution in [2.45, 2.75) is 26.7 Å². The quantitative estimate of drug-likeness (QED) is 0.324. The molecule has 0 saturated carbocycles. The first-order valence-electron chi connectivity index (χ1n) is 12.5. The highest BCUT2D eigenvalue weighted by Crippen LogP contribution is 2.35. The molecule has 0 atom stereocenters. The Morgan fingerprint density at radius 3 is 2.58 bits per heavy atom. The Balaban J connectivity index is 1.63. The minimum atomic E-state index is 0.476. The molecule has 1 aromatic heterocycles. The minimum absolute atomic E-state index is 0.476. The van der Waals surface area contributed by atoms with Gasteiger partial charge < -0.3 is 30.7 Å². The molecule has 1 aliphatic rings. The topological polar surface area (TPSA) is 110 Å². The van der Waals surface area contributed by atoms with Crippen molar-refractivity contribution in [2.75, 3.05) is 52.3 Å². The zero-order chi connectivity index (χ0) is 25.5. The number of hydrogen-bond donors (Lipinski definition) is 3. The van der Waals surface area contributed by atoms with E-state index in [0.717, 1.165) is 53.6 Å². The third kappa shape index (κ3) is 6.22. The van der Waals surface area contributed by atoms with Gasteiger partial charge in [-0.2, -0.15) is 4.99 Å². The fourth-order valence-electron chi connectivity index (χ4n) is 4.39. The molecule has 0 bridgehead atoms. The monoisotopic (exact) mass is 491 g/mol. The molecule has 1 saturated heterocycles. The van der Waals surface area contributed by atoms with E-state index in [1.165, 1.54) is 6.33 Å². The van der Waals surface area contributed by atoms with Crippen LogP contribution in [0.1, 0.15) is 24.0 Å². The Labute approximate surface area is 213 Å². The largest absolute Gasteiger partial charge is 0.493 e. The number of nitrogens with two attached hydrogens (primary N) is 1. The van der Waals surface area contributed by atoms with E-state index in [4.69, 9.17) is 20.2 Å². The van der Waals surface area contributed by atoms with Gasteiger partial charge >= 0.3 is 0 Å². The van der Waals surface area contributed by atoms with Gasteiger partial charge in [0.25, 0.3) is 0 Å². The van der Waals surface area contributed by atoms with Gasteiger partial charge in [0.15, 0.2) is 17.3 Å². The summed E-state index contributed by atoms with van der Waals surface area (Å²) in [5, 5.41) is 7.48. The van der Waals surface area contributed by atoms with Gasteiger partial charge in [0.1, 0.15) is 6.33 Å². The molecule has 0 amide bonds. The maximum Gasteiger partial charge on any atom is 0.202 e. The molecule has 0 aliphatic carbocycles. The fraction of sp³-hybridized carbons (Fsp3) is 0.444. The van der Waals surface area contributed by atoms with Gasteiger partial charge in [-0.3, -0.25) is 0 Å². The Hall–Kier alpha value is -3.43. The average molecular weight is 492 g/mol. The molecule has 9 nitrogen and oxygen atoms in total. The summed E-state index contributed by atoms with van der Waals surface area (Å²) < 4.78 is 11.9. The number of para-hydroxylation sites is 1. The van der Waals surface area contributed by atoms with Crippen LogP contribution in [0.25, 0.3) is 10.9 Å². The van der Waals surface area contributed by atoms with Gasteiger partial charge in [-0.05, 0) is 69.9 Å². The maximum atomic E-state index is 6.21. The number of aryl methyl sites for hydroxylation is 2. The lowest BCUT2D eigenvalue weighted by Crippen LogP contribution is -2.34. The number of ether oxygens (including phenoxy) is 2. The molecule has 4 rings (SSSR count). The number of nitrogens with zero attached hydrogens (tertiary/aromatic N) is 4. The van der Waals surface area contributed by atoms with Gasteiger partial charge in [-0.1, -0.05) is 18.2 Å². The highest BCUT2D eigenvalue weighted by atomic mass is 16.5. The molecule has 2 aromatic carbocycles. The molecule has 0 spiro atoms. The van der Waals surface area contributed by atoms with Crippen LogP contribution in [0.2, 0.25) is 0 Å². The molecule has 0 unspecified atom stereocenters. The zero-order valence-electron chi connectivity index (χ0n) is 21.7. The van der Waals surface area contributed by atoms with Crippen molar-refractivity contribution >= 4 is 28.4 Å². The molecule has 0 radical (unpaired) electrons. The number of benzene rings is 2. The molecule has 2 heterocycles. The third-order valence-electron chi connectivity index (χ3n) is 6.59. The summed E-state index contributed by atoms with van der Waals surface area (Å²) in [7, 11) is 3.81. The number of anilines is 1. The molecule has 4 N–H and O–H groups in total. The number of aliphatic imine (C=N–C) groups is 1. The first-order valence-corrected chi connectivity index (χ1v) is 12.5. The highest BCUT2D eigenvalue weighted by molar-refractivity contribution is 5.99. The third-order valence-corrected chi connectivity index (χ3v) is 6.59. The molecule has 3 aromatic rings. The molecular formula is C27H37N7O2. The lowest BCUT2D eigenvalue weighted by molar-refractivity contribution is 0.157. The van der Waals surface area contributed by atoms with Crippen LogP contribution in [0.5, 0.6) is 11.5 Å². The zero-order valence-corrected chi connectivity index (χ0v) is 21.7. The second-order valence-electron chi connectivity index (χ2n) is 9.34.